The fourth-order valence-corrected chi connectivity index (χ4v) is 3.30. The summed E-state index contributed by atoms with van der Waals surface area (Å²) < 4.78 is 12.9. The Hall–Kier alpha value is -0.680. The molecule has 0 aliphatic carbocycles. The minimum Gasteiger partial charge on any atom is -0.317 e. The third-order valence-electron chi connectivity index (χ3n) is 3.35. The molecule has 1 aliphatic rings. The van der Waals surface area contributed by atoms with Gasteiger partial charge in [-0.2, -0.15) is 0 Å². The molecular weight excluding hydrogens is 318 g/mol. The molecule has 110 valence electrons. The minimum atomic E-state index is -0.201. The third-order valence-corrected chi connectivity index (χ3v) is 4.36. The first-order valence-electron chi connectivity index (χ1n) is 6.25. The highest BCUT2D eigenvalue weighted by molar-refractivity contribution is 7.10. The van der Waals surface area contributed by atoms with Gasteiger partial charge < -0.3 is 5.32 Å². The Labute approximate surface area is 134 Å². The predicted octanol–water partition coefficient (Wildman–Crippen LogP) is 4.26. The van der Waals surface area contributed by atoms with E-state index in [-0.39, 0.29) is 30.6 Å². The van der Waals surface area contributed by atoms with Gasteiger partial charge in [-0.3, -0.25) is 0 Å². The Bertz CT molecular complexity index is 524. The number of nitrogens with zero attached hydrogens (tertiary/aromatic N) is 1. The molecule has 2 heterocycles. The molecule has 1 aromatic carbocycles. The zero-order valence-corrected chi connectivity index (χ0v) is 13.3. The SMILES string of the molecule is Cl.Cl.Fc1ccc(-c2csc(C3CCNCC3)n2)cc1. The maximum Gasteiger partial charge on any atom is 0.123 e. The molecule has 0 saturated carbocycles. The van der Waals surface area contributed by atoms with E-state index in [9.17, 15) is 4.39 Å². The lowest BCUT2D eigenvalue weighted by molar-refractivity contribution is 0.459. The van der Waals surface area contributed by atoms with Crippen LogP contribution in [0.3, 0.4) is 0 Å². The van der Waals surface area contributed by atoms with Crippen molar-refractivity contribution in [1.29, 1.82) is 0 Å². The molecule has 1 aliphatic heterocycles. The van der Waals surface area contributed by atoms with Crippen molar-refractivity contribution in [2.45, 2.75) is 18.8 Å². The van der Waals surface area contributed by atoms with Crippen LogP contribution in [0.15, 0.2) is 29.6 Å². The van der Waals surface area contributed by atoms with E-state index in [1.54, 1.807) is 23.5 Å². The molecule has 1 saturated heterocycles. The standard InChI is InChI=1S/C14H15FN2S.2ClH/c15-12-3-1-10(2-4-12)13-9-18-14(17-13)11-5-7-16-8-6-11;;/h1-4,9,11,16H,5-8H2;2*1H. The first-order chi connectivity index (χ1) is 8.83. The van der Waals surface area contributed by atoms with Gasteiger partial charge in [0.15, 0.2) is 0 Å². The highest BCUT2D eigenvalue weighted by atomic mass is 35.5. The summed E-state index contributed by atoms with van der Waals surface area (Å²) >= 11 is 1.72. The fraction of sp³-hybridized carbons (Fsp3) is 0.357. The van der Waals surface area contributed by atoms with E-state index in [0.717, 1.165) is 37.2 Å². The number of hydrogen-bond donors (Lipinski definition) is 1. The number of aromatic nitrogens is 1. The van der Waals surface area contributed by atoms with Crippen molar-refractivity contribution in [3.8, 4) is 11.3 Å². The van der Waals surface area contributed by atoms with Gasteiger partial charge in [0.2, 0.25) is 0 Å². The van der Waals surface area contributed by atoms with Gasteiger partial charge in [0.25, 0.3) is 0 Å². The van der Waals surface area contributed by atoms with E-state index in [1.807, 2.05) is 0 Å². The normalized spacial score (nSPS) is 15.2. The van der Waals surface area contributed by atoms with Crippen molar-refractivity contribution >= 4 is 36.2 Å². The Morgan fingerprint density at radius 3 is 2.40 bits per heavy atom. The highest BCUT2D eigenvalue weighted by Gasteiger charge is 2.18. The fourth-order valence-electron chi connectivity index (χ4n) is 2.30. The molecule has 0 amide bonds. The molecule has 0 unspecified atom stereocenters. The molecule has 20 heavy (non-hydrogen) atoms. The second-order valence-corrected chi connectivity index (χ2v) is 5.49. The quantitative estimate of drug-likeness (QED) is 0.887. The largest absolute Gasteiger partial charge is 0.317 e. The average Bonchev–Trinajstić information content (AvgIpc) is 2.90. The smallest absolute Gasteiger partial charge is 0.123 e. The van der Waals surface area contributed by atoms with Crippen molar-refractivity contribution in [3.05, 3.63) is 40.5 Å². The van der Waals surface area contributed by atoms with Crippen LogP contribution in [0.4, 0.5) is 4.39 Å². The van der Waals surface area contributed by atoms with Gasteiger partial charge in [0.1, 0.15) is 5.82 Å². The van der Waals surface area contributed by atoms with Crippen molar-refractivity contribution < 1.29 is 4.39 Å². The number of nitrogens with one attached hydrogen (secondary N) is 1. The number of halogens is 3. The first kappa shape index (κ1) is 17.4. The summed E-state index contributed by atoms with van der Waals surface area (Å²) in [6.07, 6.45) is 2.33. The van der Waals surface area contributed by atoms with Gasteiger partial charge in [-0.15, -0.1) is 36.2 Å². The van der Waals surface area contributed by atoms with Gasteiger partial charge in [-0.05, 0) is 50.2 Å². The lowest BCUT2D eigenvalue weighted by atomic mass is 9.99. The molecule has 2 nitrogen and oxygen atoms in total. The summed E-state index contributed by atoms with van der Waals surface area (Å²) in [4.78, 5) is 4.70. The maximum absolute atomic E-state index is 12.9. The second-order valence-electron chi connectivity index (χ2n) is 4.60. The topological polar surface area (TPSA) is 24.9 Å². The number of benzene rings is 1. The minimum absolute atomic E-state index is 0. The van der Waals surface area contributed by atoms with Crippen LogP contribution < -0.4 is 5.32 Å². The van der Waals surface area contributed by atoms with Gasteiger partial charge in [-0.1, -0.05) is 0 Å². The Morgan fingerprint density at radius 2 is 1.75 bits per heavy atom. The van der Waals surface area contributed by atoms with Gasteiger partial charge in [0.05, 0.1) is 10.7 Å². The monoisotopic (exact) mass is 334 g/mol. The Balaban J connectivity index is 0.000001000. The molecule has 0 bridgehead atoms. The van der Waals surface area contributed by atoms with E-state index in [0.29, 0.717) is 5.92 Å². The third kappa shape index (κ3) is 3.92. The summed E-state index contributed by atoms with van der Waals surface area (Å²) in [5.41, 5.74) is 1.96. The summed E-state index contributed by atoms with van der Waals surface area (Å²) in [6.45, 7) is 2.16. The first-order valence-corrected chi connectivity index (χ1v) is 7.13. The van der Waals surface area contributed by atoms with Crippen molar-refractivity contribution in [3.63, 3.8) is 0 Å². The molecule has 0 radical (unpaired) electrons. The van der Waals surface area contributed by atoms with Crippen LogP contribution in [0.2, 0.25) is 0 Å². The van der Waals surface area contributed by atoms with E-state index in [4.69, 9.17) is 4.98 Å². The molecule has 0 spiro atoms. The molecule has 6 heteroatoms. The Morgan fingerprint density at radius 1 is 1.10 bits per heavy atom. The van der Waals surface area contributed by atoms with E-state index < -0.39 is 0 Å². The summed E-state index contributed by atoms with van der Waals surface area (Å²) in [5, 5.41) is 6.66. The number of thiazole rings is 1. The van der Waals surface area contributed by atoms with E-state index in [1.165, 1.54) is 17.1 Å². The predicted molar refractivity (Wildman–Crippen MR) is 86.8 cm³/mol. The van der Waals surface area contributed by atoms with Crippen LogP contribution in [-0.4, -0.2) is 18.1 Å². The number of hydrogen-bond acceptors (Lipinski definition) is 3. The van der Waals surface area contributed by atoms with Crippen LogP contribution in [0, 0.1) is 5.82 Å². The second kappa shape index (κ2) is 7.93. The molecule has 1 fully saturated rings. The molecule has 1 aromatic heterocycles. The van der Waals surface area contributed by atoms with E-state index >= 15 is 0 Å². The van der Waals surface area contributed by atoms with Crippen LogP contribution in [0.1, 0.15) is 23.8 Å². The van der Waals surface area contributed by atoms with Gasteiger partial charge in [-0.25, -0.2) is 9.37 Å². The maximum atomic E-state index is 12.9. The van der Waals surface area contributed by atoms with Crippen LogP contribution in [0.25, 0.3) is 11.3 Å². The summed E-state index contributed by atoms with van der Waals surface area (Å²) in [6, 6.07) is 6.55. The van der Waals surface area contributed by atoms with Gasteiger partial charge in [0, 0.05) is 16.9 Å². The molecule has 0 atom stereocenters. The molecule has 2 aromatic rings. The lowest BCUT2D eigenvalue weighted by Crippen LogP contribution is -2.26. The van der Waals surface area contributed by atoms with Crippen LogP contribution >= 0.6 is 36.2 Å². The van der Waals surface area contributed by atoms with Crippen LogP contribution in [-0.2, 0) is 0 Å². The summed E-state index contributed by atoms with van der Waals surface area (Å²) in [5.74, 6) is 0.387. The van der Waals surface area contributed by atoms with Crippen molar-refractivity contribution in [2.75, 3.05) is 13.1 Å². The van der Waals surface area contributed by atoms with Crippen molar-refractivity contribution in [1.82, 2.24) is 10.3 Å². The highest BCUT2D eigenvalue weighted by Crippen LogP contribution is 2.31. The molecule has 1 N–H and O–H groups in total. The summed E-state index contributed by atoms with van der Waals surface area (Å²) in [7, 11) is 0. The lowest BCUT2D eigenvalue weighted by Gasteiger charge is -2.20. The average molecular weight is 335 g/mol. The molecular formula is C14H17Cl2FN2S. The zero-order valence-electron chi connectivity index (χ0n) is 10.8. The van der Waals surface area contributed by atoms with Gasteiger partial charge >= 0.3 is 0 Å². The van der Waals surface area contributed by atoms with E-state index in [2.05, 4.69) is 10.7 Å². The van der Waals surface area contributed by atoms with Crippen molar-refractivity contribution in [2.24, 2.45) is 0 Å². The zero-order chi connectivity index (χ0) is 12.4. The molecule has 3 rings (SSSR count). The number of rotatable bonds is 2. The number of piperidine rings is 1. The Kier molecular flexibility index (Phi) is 6.89. The van der Waals surface area contributed by atoms with Crippen LogP contribution in [0.5, 0.6) is 0 Å².